The summed E-state index contributed by atoms with van der Waals surface area (Å²) in [7, 11) is 0. The Bertz CT molecular complexity index is 420. The number of aromatic nitrogens is 3. The fourth-order valence-electron chi connectivity index (χ4n) is 1.01. The van der Waals surface area contributed by atoms with Crippen LogP contribution in [0.2, 0.25) is 0 Å². The molecule has 0 bridgehead atoms. The van der Waals surface area contributed by atoms with E-state index in [0.717, 1.165) is 22.2 Å². The Morgan fingerprint density at radius 2 is 2.29 bits per heavy atom. The van der Waals surface area contributed by atoms with Gasteiger partial charge in [0.1, 0.15) is 0 Å². The summed E-state index contributed by atoms with van der Waals surface area (Å²) in [6, 6.07) is 0. The van der Waals surface area contributed by atoms with Crippen LogP contribution < -0.4 is 5.32 Å². The Kier molecular flexibility index (Phi) is 2.74. The third kappa shape index (κ3) is 2.08. The molecule has 0 saturated carbocycles. The van der Waals surface area contributed by atoms with Crippen molar-refractivity contribution in [1.29, 1.82) is 0 Å². The summed E-state index contributed by atoms with van der Waals surface area (Å²) < 4.78 is 3.87. The van der Waals surface area contributed by atoms with Gasteiger partial charge in [-0.1, -0.05) is 4.49 Å². The molecule has 6 heteroatoms. The van der Waals surface area contributed by atoms with Crippen LogP contribution in [0.1, 0.15) is 15.4 Å². The lowest BCUT2D eigenvalue weighted by molar-refractivity contribution is 1.05. The minimum Gasteiger partial charge on any atom is -0.356 e. The van der Waals surface area contributed by atoms with E-state index in [4.69, 9.17) is 0 Å². The van der Waals surface area contributed by atoms with Crippen LogP contribution in [0.15, 0.2) is 6.20 Å². The largest absolute Gasteiger partial charge is 0.356 e. The molecule has 14 heavy (non-hydrogen) atoms. The Balaban J connectivity index is 1.98. The van der Waals surface area contributed by atoms with Gasteiger partial charge in [-0.25, -0.2) is 4.98 Å². The monoisotopic (exact) mass is 226 g/mol. The van der Waals surface area contributed by atoms with Crippen LogP contribution in [0.4, 0.5) is 5.13 Å². The summed E-state index contributed by atoms with van der Waals surface area (Å²) in [6.07, 6.45) is 1.87. The summed E-state index contributed by atoms with van der Waals surface area (Å²) in [5, 5.41) is 8.15. The molecule has 0 unspecified atom stereocenters. The average Bonchev–Trinajstić information content (AvgIpc) is 2.72. The van der Waals surface area contributed by atoms with Crippen LogP contribution in [-0.2, 0) is 6.54 Å². The maximum atomic E-state index is 4.22. The summed E-state index contributed by atoms with van der Waals surface area (Å²) >= 11 is 3.09. The second kappa shape index (κ2) is 4.02. The van der Waals surface area contributed by atoms with Crippen LogP contribution in [0, 0.1) is 13.8 Å². The number of hydrogen-bond acceptors (Lipinski definition) is 6. The fraction of sp³-hybridized carbons (Fsp3) is 0.375. The highest BCUT2D eigenvalue weighted by Gasteiger charge is 2.03. The molecule has 0 aromatic carbocycles. The summed E-state index contributed by atoms with van der Waals surface area (Å²) in [6.45, 7) is 4.77. The van der Waals surface area contributed by atoms with Crippen molar-refractivity contribution in [2.24, 2.45) is 0 Å². The van der Waals surface area contributed by atoms with Gasteiger partial charge in [-0.3, -0.25) is 0 Å². The van der Waals surface area contributed by atoms with Gasteiger partial charge < -0.3 is 5.32 Å². The summed E-state index contributed by atoms with van der Waals surface area (Å²) in [5.74, 6) is 0. The van der Waals surface area contributed by atoms with E-state index in [1.54, 1.807) is 11.3 Å². The predicted molar refractivity (Wildman–Crippen MR) is 58.8 cm³/mol. The van der Waals surface area contributed by atoms with Gasteiger partial charge in [0.15, 0.2) is 5.13 Å². The van der Waals surface area contributed by atoms with Gasteiger partial charge in [-0.05, 0) is 25.4 Å². The number of nitrogens with one attached hydrogen (secondary N) is 1. The molecule has 4 nitrogen and oxygen atoms in total. The minimum atomic E-state index is 0.760. The number of hydrogen-bond donors (Lipinski definition) is 1. The third-order valence-corrected chi connectivity index (χ3v) is 3.46. The van der Waals surface area contributed by atoms with Crippen molar-refractivity contribution in [3.05, 3.63) is 21.6 Å². The van der Waals surface area contributed by atoms with Crippen molar-refractivity contribution in [1.82, 2.24) is 14.6 Å². The lowest BCUT2D eigenvalue weighted by Crippen LogP contribution is -1.97. The van der Waals surface area contributed by atoms with Gasteiger partial charge in [0.2, 0.25) is 0 Å². The maximum absolute atomic E-state index is 4.22. The zero-order valence-corrected chi connectivity index (χ0v) is 9.58. The first-order valence-corrected chi connectivity index (χ1v) is 5.79. The molecule has 0 aliphatic carbocycles. The fourth-order valence-corrected chi connectivity index (χ4v) is 2.24. The topological polar surface area (TPSA) is 50.7 Å². The Labute approximate surface area is 90.2 Å². The molecule has 0 fully saturated rings. The molecular weight excluding hydrogens is 216 g/mol. The summed E-state index contributed by atoms with van der Waals surface area (Å²) in [4.78, 5) is 6.60. The van der Waals surface area contributed by atoms with Gasteiger partial charge >= 0.3 is 0 Å². The molecule has 0 radical (unpaired) electrons. The first kappa shape index (κ1) is 9.54. The number of aryl methyl sites for hydroxylation is 2. The molecule has 2 aromatic rings. The zero-order chi connectivity index (χ0) is 9.97. The van der Waals surface area contributed by atoms with Crippen molar-refractivity contribution < 1.29 is 0 Å². The van der Waals surface area contributed by atoms with Crippen molar-refractivity contribution in [2.45, 2.75) is 20.4 Å². The van der Waals surface area contributed by atoms with E-state index in [1.807, 2.05) is 20.0 Å². The lowest BCUT2D eigenvalue weighted by atomic mass is 10.4. The van der Waals surface area contributed by atoms with Crippen LogP contribution >= 0.6 is 22.9 Å². The molecule has 2 rings (SSSR count). The highest BCUT2D eigenvalue weighted by Crippen LogP contribution is 2.18. The van der Waals surface area contributed by atoms with Gasteiger partial charge in [0.25, 0.3) is 0 Å². The van der Waals surface area contributed by atoms with E-state index in [9.17, 15) is 0 Å². The Morgan fingerprint density at radius 3 is 2.86 bits per heavy atom. The first-order chi connectivity index (χ1) is 6.75. The first-order valence-electron chi connectivity index (χ1n) is 4.20. The number of thiazole rings is 1. The normalized spacial score (nSPS) is 10.4. The smallest absolute Gasteiger partial charge is 0.183 e. The van der Waals surface area contributed by atoms with Gasteiger partial charge in [0, 0.05) is 11.1 Å². The van der Waals surface area contributed by atoms with Crippen molar-refractivity contribution in [2.75, 3.05) is 5.32 Å². The Morgan fingerprint density at radius 1 is 1.43 bits per heavy atom. The maximum Gasteiger partial charge on any atom is 0.183 e. The van der Waals surface area contributed by atoms with Crippen molar-refractivity contribution in [3.63, 3.8) is 0 Å². The van der Waals surface area contributed by atoms with E-state index in [1.165, 1.54) is 16.4 Å². The molecule has 2 aromatic heterocycles. The standard InChI is InChI=1S/C8H10N4S2/c1-5-3-9-8(13-5)10-4-7-6(2)11-12-14-7/h3H,4H2,1-2H3,(H,9,10). The summed E-state index contributed by atoms with van der Waals surface area (Å²) in [5.41, 5.74) is 0.996. The minimum absolute atomic E-state index is 0.760. The molecule has 0 atom stereocenters. The molecule has 2 heterocycles. The number of nitrogens with zero attached hydrogens (tertiary/aromatic N) is 3. The van der Waals surface area contributed by atoms with Gasteiger partial charge in [0.05, 0.1) is 17.1 Å². The second-order valence-corrected chi connectivity index (χ2v) is 4.98. The SMILES string of the molecule is Cc1cnc(NCc2snnc2C)s1. The molecule has 0 aliphatic heterocycles. The molecule has 0 amide bonds. The van der Waals surface area contributed by atoms with Crippen LogP contribution in [-0.4, -0.2) is 14.6 Å². The van der Waals surface area contributed by atoms with E-state index < -0.39 is 0 Å². The number of rotatable bonds is 3. The third-order valence-electron chi connectivity index (χ3n) is 1.77. The zero-order valence-electron chi connectivity index (χ0n) is 7.94. The number of anilines is 1. The molecular formula is C8H10N4S2. The average molecular weight is 226 g/mol. The molecule has 0 aliphatic rings. The molecule has 1 N–H and O–H groups in total. The van der Waals surface area contributed by atoms with E-state index in [-0.39, 0.29) is 0 Å². The van der Waals surface area contributed by atoms with Crippen LogP contribution in [0.25, 0.3) is 0 Å². The van der Waals surface area contributed by atoms with Crippen LogP contribution in [0.5, 0.6) is 0 Å². The Hall–Kier alpha value is -1.01. The van der Waals surface area contributed by atoms with Crippen molar-refractivity contribution >= 4 is 28.0 Å². The van der Waals surface area contributed by atoms with E-state index in [2.05, 4.69) is 19.9 Å². The van der Waals surface area contributed by atoms with E-state index >= 15 is 0 Å². The highest BCUT2D eigenvalue weighted by molar-refractivity contribution is 7.15. The van der Waals surface area contributed by atoms with Gasteiger partial charge in [-0.2, -0.15) is 0 Å². The second-order valence-electron chi connectivity index (χ2n) is 2.91. The van der Waals surface area contributed by atoms with E-state index in [0.29, 0.717) is 0 Å². The highest BCUT2D eigenvalue weighted by atomic mass is 32.1. The molecule has 74 valence electrons. The molecule has 0 saturated heterocycles. The molecule has 0 spiro atoms. The van der Waals surface area contributed by atoms with Crippen LogP contribution in [0.3, 0.4) is 0 Å². The van der Waals surface area contributed by atoms with Gasteiger partial charge in [-0.15, -0.1) is 16.4 Å². The predicted octanol–water partition coefficient (Wildman–Crippen LogP) is 2.22. The van der Waals surface area contributed by atoms with Crippen molar-refractivity contribution in [3.8, 4) is 0 Å². The quantitative estimate of drug-likeness (QED) is 0.872. The lowest BCUT2D eigenvalue weighted by Gasteiger charge is -1.98.